The van der Waals surface area contributed by atoms with Crippen molar-refractivity contribution in [3.8, 4) is 5.75 Å². The minimum Gasteiger partial charge on any atom is -0.494 e. The van der Waals surface area contributed by atoms with Gasteiger partial charge in [-0.2, -0.15) is 0 Å². The third kappa shape index (κ3) is 6.81. The largest absolute Gasteiger partial charge is 0.494 e. The van der Waals surface area contributed by atoms with Gasteiger partial charge in [-0.25, -0.2) is 0 Å². The number of aliphatic imine (C=N–C) groups is 1. The van der Waals surface area contributed by atoms with Crippen LogP contribution in [0.3, 0.4) is 0 Å². The highest BCUT2D eigenvalue weighted by atomic mass is 16.5. The number of likely N-dealkylation sites (tertiary alicyclic amines) is 1. The zero-order chi connectivity index (χ0) is 22.1. The first-order chi connectivity index (χ1) is 15.1. The number of aryl methyl sites for hydroxylation is 1. The standard InChI is InChI=1S/C27H35N3O/c1-4-9-26(29-18-23-19-30(20-23)27(28)21(2)3)24-13-15-25(16-14-24)31-17-8-12-22-10-6-5-7-11-22/h5-7,9-11,13-16,18,21,23,28H,4,8,12,17,19-20H2,1-3H3/b26-9+,28-27?,29-18?. The van der Waals surface area contributed by atoms with Gasteiger partial charge in [0.15, 0.2) is 0 Å². The maximum Gasteiger partial charge on any atom is 0.119 e. The molecule has 2 aromatic carbocycles. The number of benzene rings is 2. The summed E-state index contributed by atoms with van der Waals surface area (Å²) in [5.41, 5.74) is 3.47. The first-order valence-electron chi connectivity index (χ1n) is 11.4. The zero-order valence-corrected chi connectivity index (χ0v) is 19.1. The van der Waals surface area contributed by atoms with Crippen molar-refractivity contribution in [3.63, 3.8) is 0 Å². The quantitative estimate of drug-likeness (QED) is 0.289. The fourth-order valence-electron chi connectivity index (χ4n) is 3.63. The van der Waals surface area contributed by atoms with Gasteiger partial charge in [-0.3, -0.25) is 10.4 Å². The molecule has 0 unspecified atom stereocenters. The lowest BCUT2D eigenvalue weighted by atomic mass is 9.99. The Balaban J connectivity index is 1.48. The van der Waals surface area contributed by atoms with E-state index in [1.54, 1.807) is 0 Å². The van der Waals surface area contributed by atoms with Crippen LogP contribution >= 0.6 is 0 Å². The van der Waals surface area contributed by atoms with Crippen LogP contribution < -0.4 is 4.74 Å². The second-order valence-electron chi connectivity index (χ2n) is 8.44. The Bertz CT molecular complexity index is 878. The van der Waals surface area contributed by atoms with Crippen LogP contribution in [0.2, 0.25) is 0 Å². The summed E-state index contributed by atoms with van der Waals surface area (Å²) in [6.45, 7) is 8.79. The van der Waals surface area contributed by atoms with Gasteiger partial charge in [0.25, 0.3) is 0 Å². The minimum atomic E-state index is 0.285. The Morgan fingerprint density at radius 1 is 1.13 bits per heavy atom. The zero-order valence-electron chi connectivity index (χ0n) is 19.1. The monoisotopic (exact) mass is 417 g/mol. The smallest absolute Gasteiger partial charge is 0.119 e. The molecule has 0 atom stereocenters. The molecule has 0 amide bonds. The number of hydrogen-bond donors (Lipinski definition) is 1. The molecule has 1 aliphatic heterocycles. The average Bonchev–Trinajstić information content (AvgIpc) is 2.76. The lowest BCUT2D eigenvalue weighted by Crippen LogP contribution is -2.51. The van der Waals surface area contributed by atoms with E-state index in [1.807, 2.05) is 18.2 Å². The van der Waals surface area contributed by atoms with E-state index in [9.17, 15) is 0 Å². The molecule has 0 aliphatic carbocycles. The number of hydrogen-bond acceptors (Lipinski definition) is 3. The molecular weight excluding hydrogens is 382 g/mol. The van der Waals surface area contributed by atoms with Gasteiger partial charge >= 0.3 is 0 Å². The van der Waals surface area contributed by atoms with Gasteiger partial charge in [0.1, 0.15) is 5.75 Å². The van der Waals surface area contributed by atoms with Crippen LogP contribution in [0.25, 0.3) is 5.70 Å². The van der Waals surface area contributed by atoms with Crippen LogP contribution in [-0.4, -0.2) is 36.6 Å². The van der Waals surface area contributed by atoms with E-state index in [4.69, 9.17) is 15.1 Å². The molecular formula is C27H35N3O. The van der Waals surface area contributed by atoms with Gasteiger partial charge in [-0.1, -0.05) is 57.2 Å². The van der Waals surface area contributed by atoms with Crippen LogP contribution in [-0.2, 0) is 6.42 Å². The van der Waals surface area contributed by atoms with Gasteiger partial charge in [0.2, 0.25) is 0 Å². The van der Waals surface area contributed by atoms with Crippen LogP contribution in [0.15, 0.2) is 65.7 Å². The van der Waals surface area contributed by atoms with Gasteiger partial charge in [0, 0.05) is 36.7 Å². The highest BCUT2D eigenvalue weighted by Crippen LogP contribution is 2.23. The van der Waals surface area contributed by atoms with E-state index in [1.165, 1.54) is 5.56 Å². The first kappa shape index (κ1) is 22.8. The summed E-state index contributed by atoms with van der Waals surface area (Å²) in [5.74, 6) is 2.34. The molecule has 164 valence electrons. The summed E-state index contributed by atoms with van der Waals surface area (Å²) >= 11 is 0. The van der Waals surface area contributed by atoms with Gasteiger partial charge < -0.3 is 9.64 Å². The first-order valence-corrected chi connectivity index (χ1v) is 11.4. The third-order valence-electron chi connectivity index (χ3n) is 5.49. The number of amidine groups is 1. The molecule has 1 fully saturated rings. The summed E-state index contributed by atoms with van der Waals surface area (Å²) in [4.78, 5) is 6.91. The van der Waals surface area contributed by atoms with Crippen molar-refractivity contribution in [2.45, 2.75) is 40.0 Å². The van der Waals surface area contributed by atoms with Crippen molar-refractivity contribution in [1.29, 1.82) is 5.41 Å². The summed E-state index contributed by atoms with van der Waals surface area (Å²) in [5, 5.41) is 8.09. The molecule has 4 heteroatoms. The average molecular weight is 418 g/mol. The van der Waals surface area contributed by atoms with Crippen LogP contribution in [0.4, 0.5) is 0 Å². The van der Waals surface area contributed by atoms with Crippen molar-refractivity contribution >= 4 is 17.7 Å². The minimum absolute atomic E-state index is 0.285. The molecule has 0 bridgehead atoms. The SMILES string of the molecule is CC/C=C(/N=CC1CN(C(=N)C(C)C)C1)c1ccc(OCCCc2ccccc2)cc1. The Labute approximate surface area is 187 Å². The van der Waals surface area contributed by atoms with Gasteiger partial charge in [0.05, 0.1) is 18.1 Å². The molecule has 1 heterocycles. The van der Waals surface area contributed by atoms with E-state index in [-0.39, 0.29) is 5.92 Å². The molecule has 1 aliphatic rings. The number of nitrogens with one attached hydrogen (secondary N) is 1. The molecule has 0 saturated carbocycles. The second-order valence-corrected chi connectivity index (χ2v) is 8.44. The Morgan fingerprint density at radius 2 is 1.84 bits per heavy atom. The van der Waals surface area contributed by atoms with Crippen molar-refractivity contribution in [1.82, 2.24) is 4.90 Å². The number of rotatable bonds is 10. The summed E-state index contributed by atoms with van der Waals surface area (Å²) in [6, 6.07) is 18.8. The van der Waals surface area contributed by atoms with Gasteiger partial charge in [-0.15, -0.1) is 0 Å². The summed E-state index contributed by atoms with van der Waals surface area (Å²) < 4.78 is 5.92. The Kier molecular flexibility index (Phi) is 8.45. The number of nitrogens with zero attached hydrogens (tertiary/aromatic N) is 2. The predicted molar refractivity (Wildman–Crippen MR) is 131 cm³/mol. The highest BCUT2D eigenvalue weighted by molar-refractivity contribution is 5.84. The number of ether oxygens (including phenoxy) is 1. The van der Waals surface area contributed by atoms with Crippen molar-refractivity contribution in [2.24, 2.45) is 16.8 Å². The maximum atomic E-state index is 8.09. The van der Waals surface area contributed by atoms with Crippen molar-refractivity contribution in [2.75, 3.05) is 19.7 Å². The topological polar surface area (TPSA) is 48.7 Å². The molecule has 1 saturated heterocycles. The molecule has 4 nitrogen and oxygen atoms in total. The highest BCUT2D eigenvalue weighted by Gasteiger charge is 2.28. The predicted octanol–water partition coefficient (Wildman–Crippen LogP) is 6.08. The maximum absolute atomic E-state index is 8.09. The van der Waals surface area contributed by atoms with E-state index < -0.39 is 0 Å². The van der Waals surface area contributed by atoms with Crippen LogP contribution in [0.1, 0.15) is 44.7 Å². The van der Waals surface area contributed by atoms with Crippen LogP contribution in [0, 0.1) is 17.2 Å². The fraction of sp³-hybridized carbons (Fsp3) is 0.407. The molecule has 0 spiro atoms. The molecule has 2 aromatic rings. The van der Waals surface area contributed by atoms with E-state index in [2.05, 4.69) is 74.4 Å². The molecule has 0 aromatic heterocycles. The van der Waals surface area contributed by atoms with Crippen LogP contribution in [0.5, 0.6) is 5.75 Å². The lowest BCUT2D eigenvalue weighted by molar-refractivity contribution is 0.238. The summed E-state index contributed by atoms with van der Waals surface area (Å²) in [6.07, 6.45) is 7.20. The van der Waals surface area contributed by atoms with Crippen molar-refractivity contribution in [3.05, 3.63) is 71.8 Å². The molecule has 0 radical (unpaired) electrons. The molecule has 31 heavy (non-hydrogen) atoms. The lowest BCUT2D eigenvalue weighted by Gasteiger charge is -2.40. The van der Waals surface area contributed by atoms with Gasteiger partial charge in [-0.05, 0) is 49.1 Å². The normalized spacial score (nSPS) is 14.8. The number of allylic oxidation sites excluding steroid dienone is 1. The molecule has 1 N–H and O–H groups in total. The van der Waals surface area contributed by atoms with E-state index >= 15 is 0 Å². The third-order valence-corrected chi connectivity index (χ3v) is 5.49. The van der Waals surface area contributed by atoms with E-state index in [0.717, 1.165) is 55.2 Å². The van der Waals surface area contributed by atoms with Crippen molar-refractivity contribution < 1.29 is 4.74 Å². The molecule has 3 rings (SSSR count). The second kappa shape index (κ2) is 11.5. The Hall–Kier alpha value is -2.88. The fourth-order valence-corrected chi connectivity index (χ4v) is 3.63. The summed E-state index contributed by atoms with van der Waals surface area (Å²) in [7, 11) is 0. The Morgan fingerprint density at radius 3 is 2.48 bits per heavy atom. The van der Waals surface area contributed by atoms with E-state index in [0.29, 0.717) is 12.5 Å².